The van der Waals surface area contributed by atoms with Crippen molar-refractivity contribution < 1.29 is 9.18 Å². The van der Waals surface area contributed by atoms with Crippen molar-refractivity contribution in [2.24, 2.45) is 0 Å². The van der Waals surface area contributed by atoms with Crippen LogP contribution in [-0.4, -0.2) is 39.4 Å². The Balaban J connectivity index is 1.55. The molecule has 0 aliphatic carbocycles. The quantitative estimate of drug-likeness (QED) is 0.900. The van der Waals surface area contributed by atoms with E-state index in [1.54, 1.807) is 12.1 Å². The fourth-order valence-electron chi connectivity index (χ4n) is 4.12. The van der Waals surface area contributed by atoms with Gasteiger partial charge >= 0.3 is 0 Å². The Morgan fingerprint density at radius 2 is 1.83 bits per heavy atom. The molecule has 2 atom stereocenters. The standard InChI is InChI=1S/C19H21FN2OS/c1-24-17-9-15-6-7-16(10-17)22(15)19(23)18-8-13(11-21-18)12-2-4-14(20)5-3-12/h2-5,8,11,15-17,21H,6-7,9-10H2,1H3. The van der Waals surface area contributed by atoms with Gasteiger partial charge in [0.1, 0.15) is 11.5 Å². The molecule has 0 spiro atoms. The van der Waals surface area contributed by atoms with Gasteiger partial charge in [-0.25, -0.2) is 4.39 Å². The number of hydrogen-bond donors (Lipinski definition) is 1. The summed E-state index contributed by atoms with van der Waals surface area (Å²) in [4.78, 5) is 18.2. The number of thioether (sulfide) groups is 1. The summed E-state index contributed by atoms with van der Waals surface area (Å²) in [6, 6.07) is 9.00. The molecule has 24 heavy (non-hydrogen) atoms. The van der Waals surface area contributed by atoms with E-state index in [-0.39, 0.29) is 11.7 Å². The van der Waals surface area contributed by atoms with E-state index in [4.69, 9.17) is 0 Å². The molecule has 2 saturated heterocycles. The van der Waals surface area contributed by atoms with Crippen LogP contribution < -0.4 is 0 Å². The van der Waals surface area contributed by atoms with E-state index in [0.29, 0.717) is 23.0 Å². The van der Waals surface area contributed by atoms with Gasteiger partial charge in [-0.15, -0.1) is 0 Å². The summed E-state index contributed by atoms with van der Waals surface area (Å²) >= 11 is 1.93. The summed E-state index contributed by atoms with van der Waals surface area (Å²) in [6.07, 6.45) is 8.46. The highest BCUT2D eigenvalue weighted by Crippen LogP contribution is 2.40. The molecular formula is C19H21FN2OS. The number of carbonyl (C=O) groups is 1. The van der Waals surface area contributed by atoms with Gasteiger partial charge < -0.3 is 9.88 Å². The Hall–Kier alpha value is -1.75. The maximum absolute atomic E-state index is 13.1. The molecule has 2 fully saturated rings. The van der Waals surface area contributed by atoms with E-state index in [1.807, 2.05) is 24.0 Å². The number of carbonyl (C=O) groups excluding carboxylic acids is 1. The lowest BCUT2D eigenvalue weighted by atomic mass is 10.0. The highest BCUT2D eigenvalue weighted by molar-refractivity contribution is 7.99. The molecule has 2 aliphatic rings. The first kappa shape index (κ1) is 15.8. The molecule has 2 aromatic rings. The van der Waals surface area contributed by atoms with Crippen molar-refractivity contribution in [3.63, 3.8) is 0 Å². The summed E-state index contributed by atoms with van der Waals surface area (Å²) < 4.78 is 13.1. The van der Waals surface area contributed by atoms with Crippen LogP contribution >= 0.6 is 11.8 Å². The Morgan fingerprint density at radius 1 is 1.17 bits per heavy atom. The smallest absolute Gasteiger partial charge is 0.270 e. The lowest BCUT2D eigenvalue weighted by Crippen LogP contribution is -2.47. The summed E-state index contributed by atoms with van der Waals surface area (Å²) in [5.74, 6) is -0.144. The number of hydrogen-bond acceptors (Lipinski definition) is 2. The van der Waals surface area contributed by atoms with Crippen molar-refractivity contribution >= 4 is 17.7 Å². The molecule has 0 radical (unpaired) electrons. The Bertz CT molecular complexity index is 728. The van der Waals surface area contributed by atoms with Crippen LogP contribution in [0.2, 0.25) is 0 Å². The normalized spacial score (nSPS) is 25.9. The van der Waals surface area contributed by atoms with E-state index in [9.17, 15) is 9.18 Å². The van der Waals surface area contributed by atoms with Gasteiger partial charge in [0.05, 0.1) is 0 Å². The molecule has 3 heterocycles. The molecule has 1 aromatic carbocycles. The van der Waals surface area contributed by atoms with Crippen molar-refractivity contribution in [2.75, 3.05) is 6.26 Å². The van der Waals surface area contributed by atoms with Gasteiger partial charge in [0.2, 0.25) is 0 Å². The van der Waals surface area contributed by atoms with E-state index in [2.05, 4.69) is 16.1 Å². The molecule has 1 amide bonds. The molecular weight excluding hydrogens is 323 g/mol. The van der Waals surface area contributed by atoms with Crippen LogP contribution in [0.5, 0.6) is 0 Å². The molecule has 3 nitrogen and oxygen atoms in total. The number of aromatic amines is 1. The van der Waals surface area contributed by atoms with Crippen molar-refractivity contribution in [1.29, 1.82) is 0 Å². The van der Waals surface area contributed by atoms with Crippen LogP contribution in [0.4, 0.5) is 4.39 Å². The first-order chi connectivity index (χ1) is 11.7. The molecule has 5 heteroatoms. The minimum Gasteiger partial charge on any atom is -0.357 e. The molecule has 2 bridgehead atoms. The third-order valence-corrected chi connectivity index (χ3v) is 6.40. The predicted molar refractivity (Wildman–Crippen MR) is 95.7 cm³/mol. The minimum atomic E-state index is -0.251. The summed E-state index contributed by atoms with van der Waals surface area (Å²) in [7, 11) is 0. The van der Waals surface area contributed by atoms with Crippen molar-refractivity contribution in [2.45, 2.75) is 43.0 Å². The topological polar surface area (TPSA) is 36.1 Å². The second-order valence-electron chi connectivity index (χ2n) is 6.74. The number of benzene rings is 1. The van der Waals surface area contributed by atoms with Crippen molar-refractivity contribution in [3.8, 4) is 11.1 Å². The monoisotopic (exact) mass is 344 g/mol. The van der Waals surface area contributed by atoms with E-state index >= 15 is 0 Å². The predicted octanol–water partition coefficient (Wildman–Crippen LogP) is 4.32. The van der Waals surface area contributed by atoms with Gasteiger partial charge in [0.25, 0.3) is 5.91 Å². The van der Waals surface area contributed by atoms with Gasteiger partial charge in [-0.2, -0.15) is 11.8 Å². The zero-order valence-corrected chi connectivity index (χ0v) is 14.5. The molecule has 1 N–H and O–H groups in total. The number of aromatic nitrogens is 1. The molecule has 2 unspecified atom stereocenters. The van der Waals surface area contributed by atoms with Crippen LogP contribution in [0.1, 0.15) is 36.2 Å². The van der Waals surface area contributed by atoms with E-state index in [0.717, 1.165) is 36.8 Å². The number of amides is 1. The van der Waals surface area contributed by atoms with Gasteiger partial charge in [-0.05, 0) is 61.3 Å². The summed E-state index contributed by atoms with van der Waals surface area (Å²) in [5, 5.41) is 0.685. The van der Waals surface area contributed by atoms with Crippen LogP contribution in [0.25, 0.3) is 11.1 Å². The second-order valence-corrected chi connectivity index (χ2v) is 7.87. The first-order valence-electron chi connectivity index (χ1n) is 8.45. The summed E-state index contributed by atoms with van der Waals surface area (Å²) in [6.45, 7) is 0. The van der Waals surface area contributed by atoms with Crippen LogP contribution in [0.3, 0.4) is 0 Å². The minimum absolute atomic E-state index is 0.107. The highest BCUT2D eigenvalue weighted by atomic mass is 32.2. The number of fused-ring (bicyclic) bond motifs is 2. The second kappa shape index (κ2) is 6.28. The molecule has 1 aromatic heterocycles. The third-order valence-electron chi connectivity index (χ3n) is 5.35. The Morgan fingerprint density at radius 3 is 2.46 bits per heavy atom. The SMILES string of the molecule is CSC1CC2CCC(C1)N2C(=O)c1cc(-c2ccc(F)cc2)c[nH]1. The van der Waals surface area contributed by atoms with Crippen LogP contribution in [-0.2, 0) is 0 Å². The number of nitrogens with one attached hydrogen (secondary N) is 1. The van der Waals surface area contributed by atoms with E-state index < -0.39 is 0 Å². The van der Waals surface area contributed by atoms with Gasteiger partial charge in [-0.3, -0.25) is 4.79 Å². The molecule has 126 valence electrons. The number of piperidine rings is 1. The van der Waals surface area contributed by atoms with Gasteiger partial charge in [-0.1, -0.05) is 12.1 Å². The summed E-state index contributed by atoms with van der Waals surface area (Å²) in [5.41, 5.74) is 2.47. The maximum atomic E-state index is 13.1. The fraction of sp³-hybridized carbons (Fsp3) is 0.421. The van der Waals surface area contributed by atoms with E-state index in [1.165, 1.54) is 12.1 Å². The van der Waals surface area contributed by atoms with Crippen molar-refractivity contribution in [1.82, 2.24) is 9.88 Å². The molecule has 4 rings (SSSR count). The number of nitrogens with zero attached hydrogens (tertiary/aromatic N) is 1. The maximum Gasteiger partial charge on any atom is 0.270 e. The Kier molecular flexibility index (Phi) is 4.12. The van der Waals surface area contributed by atoms with Gasteiger partial charge in [0.15, 0.2) is 0 Å². The van der Waals surface area contributed by atoms with Crippen LogP contribution in [0.15, 0.2) is 36.5 Å². The largest absolute Gasteiger partial charge is 0.357 e. The molecule has 0 saturated carbocycles. The average Bonchev–Trinajstić information content (AvgIpc) is 3.18. The first-order valence-corrected chi connectivity index (χ1v) is 9.74. The number of H-pyrrole nitrogens is 1. The Labute approximate surface area is 145 Å². The zero-order chi connectivity index (χ0) is 16.7. The lowest BCUT2D eigenvalue weighted by molar-refractivity contribution is 0.0596. The fourth-order valence-corrected chi connectivity index (χ4v) is 4.95. The highest BCUT2D eigenvalue weighted by Gasteiger charge is 2.43. The lowest BCUT2D eigenvalue weighted by Gasteiger charge is -2.38. The number of rotatable bonds is 3. The number of halogens is 1. The zero-order valence-electron chi connectivity index (χ0n) is 13.7. The van der Waals surface area contributed by atoms with Gasteiger partial charge in [0, 0.05) is 23.5 Å². The third kappa shape index (κ3) is 2.75. The van der Waals surface area contributed by atoms with Crippen LogP contribution in [0, 0.1) is 5.82 Å². The van der Waals surface area contributed by atoms with Crippen molar-refractivity contribution in [3.05, 3.63) is 48.0 Å². The molecule has 2 aliphatic heterocycles. The average molecular weight is 344 g/mol.